The third-order valence-corrected chi connectivity index (χ3v) is 2.79. The second kappa shape index (κ2) is 6.17. The number of nitrogens with zero attached hydrogens (tertiary/aromatic N) is 1. The lowest BCUT2D eigenvalue weighted by Crippen LogP contribution is -2.13. The van der Waals surface area contributed by atoms with E-state index in [1.165, 1.54) is 0 Å². The standard InChI is InChI=1S/C15H17NO2/c1-12(13-8-4-2-5-9-13)16-18-15(17)14-10-6-3-7-11-14/h2,4-6,8-11,15,17H,3,7H2,1H3/b16-12+. The molecule has 0 bridgehead atoms. The average molecular weight is 243 g/mol. The Kier molecular flexibility index (Phi) is 4.31. The Balaban J connectivity index is 1.98. The first-order valence-electron chi connectivity index (χ1n) is 6.08. The number of oxime groups is 1. The van der Waals surface area contributed by atoms with Crippen LogP contribution in [0.5, 0.6) is 0 Å². The quantitative estimate of drug-likeness (QED) is 0.501. The van der Waals surface area contributed by atoms with Crippen molar-refractivity contribution >= 4 is 5.71 Å². The molecule has 18 heavy (non-hydrogen) atoms. The largest absolute Gasteiger partial charge is 0.358 e. The molecular weight excluding hydrogens is 226 g/mol. The number of allylic oxidation sites excluding steroid dienone is 2. The summed E-state index contributed by atoms with van der Waals surface area (Å²) in [5.74, 6) is 0. The molecule has 0 spiro atoms. The molecule has 1 aromatic carbocycles. The maximum absolute atomic E-state index is 9.82. The SMILES string of the molecule is C/C(=N\OC(O)C1=CCCC=C1)c1ccccc1. The van der Waals surface area contributed by atoms with E-state index in [0.29, 0.717) is 0 Å². The lowest BCUT2D eigenvalue weighted by molar-refractivity contribution is -0.0685. The molecule has 0 aromatic heterocycles. The van der Waals surface area contributed by atoms with Crippen molar-refractivity contribution in [3.05, 3.63) is 59.7 Å². The van der Waals surface area contributed by atoms with Gasteiger partial charge in [0.1, 0.15) is 0 Å². The molecule has 0 saturated heterocycles. The molecule has 94 valence electrons. The maximum Gasteiger partial charge on any atom is 0.250 e. The molecule has 0 aliphatic heterocycles. The predicted molar refractivity (Wildman–Crippen MR) is 72.2 cm³/mol. The van der Waals surface area contributed by atoms with Crippen LogP contribution >= 0.6 is 0 Å². The Morgan fingerprint density at radius 1 is 1.28 bits per heavy atom. The van der Waals surface area contributed by atoms with Crippen molar-refractivity contribution in [1.82, 2.24) is 0 Å². The fraction of sp³-hybridized carbons (Fsp3) is 0.267. The van der Waals surface area contributed by atoms with Gasteiger partial charge in [0.15, 0.2) is 0 Å². The molecule has 2 rings (SSSR count). The first-order chi connectivity index (χ1) is 8.77. The van der Waals surface area contributed by atoms with Crippen molar-refractivity contribution < 1.29 is 9.94 Å². The highest BCUT2D eigenvalue weighted by molar-refractivity contribution is 5.98. The van der Waals surface area contributed by atoms with Gasteiger partial charge in [0.25, 0.3) is 0 Å². The van der Waals surface area contributed by atoms with E-state index in [4.69, 9.17) is 4.84 Å². The molecule has 1 aromatic rings. The van der Waals surface area contributed by atoms with Crippen LogP contribution in [0.15, 0.2) is 59.3 Å². The second-order valence-electron chi connectivity index (χ2n) is 4.18. The number of aliphatic hydroxyl groups is 1. The summed E-state index contributed by atoms with van der Waals surface area (Å²) < 4.78 is 0. The van der Waals surface area contributed by atoms with E-state index >= 15 is 0 Å². The van der Waals surface area contributed by atoms with Gasteiger partial charge in [-0.1, -0.05) is 53.7 Å². The van der Waals surface area contributed by atoms with Crippen LogP contribution in [0.2, 0.25) is 0 Å². The zero-order chi connectivity index (χ0) is 12.8. The van der Waals surface area contributed by atoms with E-state index in [-0.39, 0.29) is 0 Å². The van der Waals surface area contributed by atoms with E-state index in [1.54, 1.807) is 0 Å². The summed E-state index contributed by atoms with van der Waals surface area (Å²) in [6.07, 6.45) is 6.84. The number of hydrogen-bond acceptors (Lipinski definition) is 3. The molecule has 3 nitrogen and oxygen atoms in total. The van der Waals surface area contributed by atoms with Crippen LogP contribution in [0.4, 0.5) is 0 Å². The van der Waals surface area contributed by atoms with Gasteiger partial charge in [-0.2, -0.15) is 0 Å². The molecule has 0 radical (unpaired) electrons. The molecule has 1 aliphatic rings. The zero-order valence-corrected chi connectivity index (χ0v) is 10.4. The molecule has 0 fully saturated rings. The average Bonchev–Trinajstić information content (AvgIpc) is 2.46. The van der Waals surface area contributed by atoms with Gasteiger partial charge in [0.05, 0.1) is 5.71 Å². The molecule has 1 atom stereocenters. The summed E-state index contributed by atoms with van der Waals surface area (Å²) in [6, 6.07) is 9.74. The van der Waals surface area contributed by atoms with E-state index in [0.717, 1.165) is 29.7 Å². The Morgan fingerprint density at radius 2 is 2.06 bits per heavy atom. The number of benzene rings is 1. The Bertz CT molecular complexity index is 475. The minimum atomic E-state index is -0.986. The summed E-state index contributed by atoms with van der Waals surface area (Å²) in [5.41, 5.74) is 2.50. The van der Waals surface area contributed by atoms with Crippen LogP contribution in [-0.4, -0.2) is 17.1 Å². The van der Waals surface area contributed by atoms with E-state index in [2.05, 4.69) is 5.16 Å². The summed E-state index contributed by atoms with van der Waals surface area (Å²) in [6.45, 7) is 1.85. The summed E-state index contributed by atoms with van der Waals surface area (Å²) in [7, 11) is 0. The van der Waals surface area contributed by atoms with Gasteiger partial charge < -0.3 is 9.94 Å². The van der Waals surface area contributed by atoms with Gasteiger partial charge in [-0.15, -0.1) is 0 Å². The monoisotopic (exact) mass is 243 g/mol. The van der Waals surface area contributed by atoms with Crippen molar-refractivity contribution in [2.45, 2.75) is 26.1 Å². The van der Waals surface area contributed by atoms with Crippen LogP contribution in [0.3, 0.4) is 0 Å². The summed E-state index contributed by atoms with van der Waals surface area (Å²) >= 11 is 0. The predicted octanol–water partition coefficient (Wildman–Crippen LogP) is 3.02. The molecule has 1 N–H and O–H groups in total. The first kappa shape index (κ1) is 12.6. The molecule has 1 aliphatic carbocycles. The molecule has 3 heteroatoms. The van der Waals surface area contributed by atoms with Crippen LogP contribution in [0.1, 0.15) is 25.3 Å². The van der Waals surface area contributed by atoms with Gasteiger partial charge in [-0.3, -0.25) is 0 Å². The molecule has 0 heterocycles. The Morgan fingerprint density at radius 3 is 2.72 bits per heavy atom. The van der Waals surface area contributed by atoms with Crippen molar-refractivity contribution in [1.29, 1.82) is 0 Å². The topological polar surface area (TPSA) is 41.8 Å². The third kappa shape index (κ3) is 3.31. The number of aliphatic hydroxyl groups excluding tert-OH is 1. The van der Waals surface area contributed by atoms with Gasteiger partial charge in [0.2, 0.25) is 6.29 Å². The lowest BCUT2D eigenvalue weighted by Gasteiger charge is -2.12. The minimum Gasteiger partial charge on any atom is -0.358 e. The summed E-state index contributed by atoms with van der Waals surface area (Å²) in [4.78, 5) is 5.12. The van der Waals surface area contributed by atoms with Gasteiger partial charge in [-0.25, -0.2) is 0 Å². The lowest BCUT2D eigenvalue weighted by atomic mass is 10.1. The molecular formula is C15H17NO2. The number of hydrogen-bond donors (Lipinski definition) is 1. The first-order valence-corrected chi connectivity index (χ1v) is 6.08. The van der Waals surface area contributed by atoms with Gasteiger partial charge in [-0.05, 0) is 25.3 Å². The van der Waals surface area contributed by atoms with Crippen molar-refractivity contribution in [2.75, 3.05) is 0 Å². The van der Waals surface area contributed by atoms with Gasteiger partial charge >= 0.3 is 0 Å². The normalized spacial score (nSPS) is 17.2. The smallest absolute Gasteiger partial charge is 0.250 e. The Labute approximate surface area is 107 Å². The number of rotatable bonds is 4. The van der Waals surface area contributed by atoms with Crippen LogP contribution in [0, 0.1) is 0 Å². The second-order valence-corrected chi connectivity index (χ2v) is 4.18. The van der Waals surface area contributed by atoms with Crippen molar-refractivity contribution in [3.63, 3.8) is 0 Å². The van der Waals surface area contributed by atoms with Crippen LogP contribution in [0.25, 0.3) is 0 Å². The van der Waals surface area contributed by atoms with Crippen molar-refractivity contribution in [2.24, 2.45) is 5.16 Å². The highest BCUT2D eigenvalue weighted by Crippen LogP contribution is 2.14. The van der Waals surface area contributed by atoms with E-state index < -0.39 is 6.29 Å². The van der Waals surface area contributed by atoms with Crippen LogP contribution < -0.4 is 0 Å². The fourth-order valence-electron chi connectivity index (χ4n) is 1.74. The highest BCUT2D eigenvalue weighted by Gasteiger charge is 2.10. The molecule has 0 amide bonds. The Hall–Kier alpha value is -1.87. The van der Waals surface area contributed by atoms with E-state index in [1.807, 2.05) is 55.5 Å². The molecule has 1 unspecified atom stereocenters. The van der Waals surface area contributed by atoms with Gasteiger partial charge in [0, 0.05) is 5.57 Å². The minimum absolute atomic E-state index is 0.745. The summed E-state index contributed by atoms with van der Waals surface area (Å²) in [5, 5.41) is 13.8. The highest BCUT2D eigenvalue weighted by atomic mass is 16.7. The van der Waals surface area contributed by atoms with Crippen molar-refractivity contribution in [3.8, 4) is 0 Å². The molecule has 0 saturated carbocycles. The third-order valence-electron chi connectivity index (χ3n) is 2.79. The zero-order valence-electron chi connectivity index (χ0n) is 10.4. The van der Waals surface area contributed by atoms with E-state index in [9.17, 15) is 5.11 Å². The maximum atomic E-state index is 9.82. The fourth-order valence-corrected chi connectivity index (χ4v) is 1.74. The van der Waals surface area contributed by atoms with Crippen LogP contribution in [-0.2, 0) is 4.84 Å².